The van der Waals surface area contributed by atoms with E-state index >= 15 is 0 Å². The summed E-state index contributed by atoms with van der Waals surface area (Å²) in [5.74, 6) is -1.16. The highest BCUT2D eigenvalue weighted by molar-refractivity contribution is 5.95. The zero-order chi connectivity index (χ0) is 40.4. The van der Waals surface area contributed by atoms with Crippen LogP contribution >= 0.6 is 0 Å². The number of rotatable bonds is 10. The molecule has 6 heterocycles. The molecule has 4 atom stereocenters. The number of pyridine rings is 1. The van der Waals surface area contributed by atoms with Crippen molar-refractivity contribution in [3.05, 3.63) is 59.7 Å². The van der Waals surface area contributed by atoms with Gasteiger partial charge in [0.15, 0.2) is 0 Å². The number of hydrogen-bond acceptors (Lipinski definition) is 11. The number of carbonyl (C=O) groups excluding carboxylic acids is 3. The number of hydrogen-bond donors (Lipinski definition) is 3. The van der Waals surface area contributed by atoms with E-state index in [4.69, 9.17) is 28.6 Å². The summed E-state index contributed by atoms with van der Waals surface area (Å²) in [6.07, 6.45) is 4.92. The molecule has 7 rings (SSSR count). The molecular formula is C43H57N7O7. The molecule has 3 aliphatic heterocycles. The van der Waals surface area contributed by atoms with Crippen molar-refractivity contribution in [1.82, 2.24) is 35.6 Å². The zero-order valence-corrected chi connectivity index (χ0v) is 34.2. The normalized spacial score (nSPS) is 21.5. The van der Waals surface area contributed by atoms with E-state index in [-0.39, 0.29) is 49.6 Å². The Labute approximate surface area is 334 Å². The average Bonchev–Trinajstić information content (AvgIpc) is 3.78. The van der Waals surface area contributed by atoms with Crippen molar-refractivity contribution in [1.29, 1.82) is 0 Å². The van der Waals surface area contributed by atoms with Gasteiger partial charge in [-0.3, -0.25) is 24.4 Å². The van der Waals surface area contributed by atoms with Crippen molar-refractivity contribution in [2.24, 2.45) is 17.3 Å². The topological polar surface area (TPSA) is 162 Å². The molecule has 14 heteroatoms. The summed E-state index contributed by atoms with van der Waals surface area (Å²) < 4.78 is 26.3. The van der Waals surface area contributed by atoms with Crippen molar-refractivity contribution >= 4 is 28.7 Å². The van der Waals surface area contributed by atoms with E-state index in [1.165, 1.54) is 5.01 Å². The molecule has 0 aliphatic carbocycles. The van der Waals surface area contributed by atoms with Crippen LogP contribution in [-0.2, 0) is 48.0 Å². The Morgan fingerprint density at radius 2 is 1.96 bits per heavy atom. The van der Waals surface area contributed by atoms with E-state index in [0.29, 0.717) is 43.9 Å². The van der Waals surface area contributed by atoms with Gasteiger partial charge >= 0.3 is 5.97 Å². The summed E-state index contributed by atoms with van der Waals surface area (Å²) in [7, 11) is 1.69. The SMILES string of the molecule is CCn1c(-c2cccnc2[C@H](C)OC)c2c3cc(ccc31)-c1nc(co1)C[C@H](NC(=O)[C@@H](COC1CNC1)C(C)C)C(=O)N1CCC[C@H](N1)C(=O)OCC(C)(C)C2. The Bertz CT molecular complexity index is 2090. The number of cyclic esters (lactones) is 1. The Kier molecular flexibility index (Phi) is 12.1. The molecule has 306 valence electrons. The van der Waals surface area contributed by atoms with Gasteiger partial charge in [-0.1, -0.05) is 27.7 Å². The van der Waals surface area contributed by atoms with E-state index in [1.54, 1.807) is 19.6 Å². The predicted molar refractivity (Wildman–Crippen MR) is 215 cm³/mol. The number of ether oxygens (including phenoxy) is 3. The van der Waals surface area contributed by atoms with Crippen molar-refractivity contribution in [3.8, 4) is 22.7 Å². The van der Waals surface area contributed by atoms with Crippen LogP contribution in [0.1, 0.15) is 77.4 Å². The van der Waals surface area contributed by atoms with E-state index in [1.807, 2.05) is 32.9 Å². The summed E-state index contributed by atoms with van der Waals surface area (Å²) >= 11 is 0. The van der Waals surface area contributed by atoms with Crippen molar-refractivity contribution < 1.29 is 33.0 Å². The summed E-state index contributed by atoms with van der Waals surface area (Å²) in [5.41, 5.74) is 8.91. The predicted octanol–water partition coefficient (Wildman–Crippen LogP) is 4.99. The van der Waals surface area contributed by atoms with Crippen LogP contribution < -0.4 is 16.1 Å². The number of fused-ring (bicyclic) bond motifs is 6. The lowest BCUT2D eigenvalue weighted by molar-refractivity contribution is -0.155. The van der Waals surface area contributed by atoms with Gasteiger partial charge < -0.3 is 33.8 Å². The second-order valence-corrected chi connectivity index (χ2v) is 16.8. The maximum absolute atomic E-state index is 14.3. The quantitative estimate of drug-likeness (QED) is 0.186. The standard InChI is InChI=1S/C43H57N7O7/c1-8-49-36-14-13-27-17-31(36)32(38(49)30-11-9-15-45-37(30)26(4)54-7)19-43(5,6)24-57-42(53)34-12-10-16-50(48-34)41(52)35(18-28-22-56-40(27)46-28)47-39(51)33(25(2)3)23-55-29-20-44-21-29/h9,11,13-15,17,22,25-26,29,33-35,44,48H,8,10,12,16,18-21,23-24H2,1-7H3,(H,47,51)/t26-,33-,34-,35-/m0/s1. The van der Waals surface area contributed by atoms with Crippen LogP contribution in [0.4, 0.5) is 0 Å². The van der Waals surface area contributed by atoms with Crippen LogP contribution in [0.2, 0.25) is 0 Å². The Morgan fingerprint density at radius 3 is 2.68 bits per heavy atom. The molecule has 2 saturated heterocycles. The minimum atomic E-state index is -0.986. The maximum atomic E-state index is 14.3. The molecule has 3 aromatic heterocycles. The van der Waals surface area contributed by atoms with Gasteiger partial charge in [0, 0.05) is 73.4 Å². The summed E-state index contributed by atoms with van der Waals surface area (Å²) in [5, 5.41) is 8.70. The number of hydrazine groups is 1. The number of aromatic nitrogens is 3. The second-order valence-electron chi connectivity index (χ2n) is 16.8. The number of esters is 1. The van der Waals surface area contributed by atoms with Crippen LogP contribution in [0.15, 0.2) is 47.2 Å². The first-order valence-corrected chi connectivity index (χ1v) is 20.3. The molecule has 2 fully saturated rings. The Hall–Kier alpha value is -4.63. The molecule has 3 aliphatic rings. The summed E-state index contributed by atoms with van der Waals surface area (Å²) in [6, 6.07) is 8.52. The highest BCUT2D eigenvalue weighted by atomic mass is 16.5. The first kappa shape index (κ1) is 40.6. The lowest BCUT2D eigenvalue weighted by atomic mass is 9.84. The molecular weight excluding hydrogens is 727 g/mol. The number of aryl methyl sites for hydroxylation is 1. The highest BCUT2D eigenvalue weighted by Gasteiger charge is 2.37. The van der Waals surface area contributed by atoms with E-state index < -0.39 is 29.4 Å². The van der Waals surface area contributed by atoms with Gasteiger partial charge in [-0.15, -0.1) is 0 Å². The second kappa shape index (κ2) is 17.1. The van der Waals surface area contributed by atoms with Crippen LogP contribution in [-0.4, -0.2) is 95.5 Å². The van der Waals surface area contributed by atoms with E-state index in [2.05, 4.69) is 59.6 Å². The third kappa shape index (κ3) is 8.64. The van der Waals surface area contributed by atoms with Crippen molar-refractivity contribution in [2.75, 3.05) is 40.0 Å². The number of carbonyl (C=O) groups is 3. The maximum Gasteiger partial charge on any atom is 0.324 e. The molecule has 1 aromatic carbocycles. The molecule has 0 saturated carbocycles. The van der Waals surface area contributed by atoms with E-state index in [0.717, 1.165) is 52.1 Å². The average molecular weight is 784 g/mol. The van der Waals surface area contributed by atoms with Crippen molar-refractivity contribution in [3.63, 3.8) is 0 Å². The number of benzene rings is 1. The molecule has 0 spiro atoms. The minimum absolute atomic E-state index is 0.0291. The number of nitrogens with zero attached hydrogens (tertiary/aromatic N) is 4. The number of amides is 2. The summed E-state index contributed by atoms with van der Waals surface area (Å²) in [6.45, 7) is 15.2. The largest absolute Gasteiger partial charge is 0.464 e. The Balaban J connectivity index is 1.30. The van der Waals surface area contributed by atoms with Gasteiger partial charge in [0.05, 0.1) is 48.4 Å². The van der Waals surface area contributed by atoms with Gasteiger partial charge in [0.1, 0.15) is 18.3 Å². The molecule has 6 bridgehead atoms. The fourth-order valence-corrected chi connectivity index (χ4v) is 8.04. The lowest BCUT2D eigenvalue weighted by Crippen LogP contribution is -2.61. The number of methoxy groups -OCH3 is 1. The van der Waals surface area contributed by atoms with Crippen LogP contribution in [0.3, 0.4) is 0 Å². The van der Waals surface area contributed by atoms with Crippen molar-refractivity contribution in [2.45, 2.75) is 98.1 Å². The van der Waals surface area contributed by atoms with Gasteiger partial charge in [-0.2, -0.15) is 0 Å². The first-order valence-electron chi connectivity index (χ1n) is 20.3. The molecule has 4 aromatic rings. The smallest absolute Gasteiger partial charge is 0.324 e. The molecule has 0 unspecified atom stereocenters. The number of oxazole rings is 1. The zero-order valence-electron chi connectivity index (χ0n) is 34.2. The first-order chi connectivity index (χ1) is 27.4. The molecule has 57 heavy (non-hydrogen) atoms. The van der Waals surface area contributed by atoms with Gasteiger partial charge in [0.25, 0.3) is 5.91 Å². The summed E-state index contributed by atoms with van der Waals surface area (Å²) in [4.78, 5) is 51.6. The minimum Gasteiger partial charge on any atom is -0.464 e. The third-order valence-electron chi connectivity index (χ3n) is 11.5. The molecule has 3 N–H and O–H groups in total. The van der Waals surface area contributed by atoms with Gasteiger partial charge in [-0.25, -0.2) is 10.4 Å². The molecule has 14 nitrogen and oxygen atoms in total. The van der Waals surface area contributed by atoms with Crippen LogP contribution in [0.5, 0.6) is 0 Å². The monoisotopic (exact) mass is 783 g/mol. The lowest BCUT2D eigenvalue weighted by Gasteiger charge is -2.36. The van der Waals surface area contributed by atoms with Crippen LogP contribution in [0.25, 0.3) is 33.6 Å². The number of nitrogens with one attached hydrogen (secondary N) is 3. The van der Waals surface area contributed by atoms with Crippen LogP contribution in [0, 0.1) is 17.3 Å². The fourth-order valence-electron chi connectivity index (χ4n) is 8.04. The Morgan fingerprint density at radius 1 is 1.16 bits per heavy atom. The van der Waals surface area contributed by atoms with Gasteiger partial charge in [-0.05, 0) is 74.9 Å². The van der Waals surface area contributed by atoms with E-state index in [9.17, 15) is 14.4 Å². The highest BCUT2D eigenvalue weighted by Crippen LogP contribution is 2.41. The molecule has 2 amide bonds. The third-order valence-corrected chi connectivity index (χ3v) is 11.5. The van der Waals surface area contributed by atoms with Gasteiger partial charge in [0.2, 0.25) is 11.8 Å². The molecule has 0 radical (unpaired) electrons. The fraction of sp³-hybridized carbons (Fsp3) is 0.558.